The molecule has 3 aromatic rings. The van der Waals surface area contributed by atoms with Crippen LogP contribution in [0.25, 0.3) is 5.82 Å². The van der Waals surface area contributed by atoms with E-state index in [-0.39, 0.29) is 0 Å². The highest BCUT2D eigenvalue weighted by molar-refractivity contribution is 7.09. The van der Waals surface area contributed by atoms with Gasteiger partial charge in [-0.3, -0.25) is 4.99 Å². The number of hydrogen-bond acceptors (Lipinski definition) is 5. The summed E-state index contributed by atoms with van der Waals surface area (Å²) in [6.45, 7) is 9.61. The Balaban J connectivity index is 1.54. The van der Waals surface area contributed by atoms with Gasteiger partial charge in [-0.1, -0.05) is 19.9 Å². The Morgan fingerprint density at radius 3 is 2.57 bits per heavy atom. The van der Waals surface area contributed by atoms with Gasteiger partial charge in [0.1, 0.15) is 5.01 Å². The Labute approximate surface area is 170 Å². The summed E-state index contributed by atoms with van der Waals surface area (Å²) in [5.41, 5.74) is 4.27. The van der Waals surface area contributed by atoms with Crippen molar-refractivity contribution in [2.45, 2.75) is 46.7 Å². The lowest BCUT2D eigenvalue weighted by Crippen LogP contribution is -2.36. The molecular weight excluding hydrogens is 370 g/mol. The fourth-order valence-corrected chi connectivity index (χ4v) is 3.64. The molecule has 0 spiro atoms. The van der Waals surface area contributed by atoms with Crippen molar-refractivity contribution in [3.05, 3.63) is 57.4 Å². The fraction of sp³-hybridized carbons (Fsp3) is 0.400. The lowest BCUT2D eigenvalue weighted by molar-refractivity contribution is 0.779. The Morgan fingerprint density at radius 1 is 1.21 bits per heavy atom. The predicted molar refractivity (Wildman–Crippen MR) is 114 cm³/mol. The maximum atomic E-state index is 4.64. The maximum absolute atomic E-state index is 4.64. The molecule has 0 amide bonds. The number of aryl methyl sites for hydroxylation is 2. The molecule has 0 atom stereocenters. The first-order chi connectivity index (χ1) is 13.5. The Morgan fingerprint density at radius 2 is 2.00 bits per heavy atom. The number of aromatic nitrogens is 4. The quantitative estimate of drug-likeness (QED) is 0.493. The molecule has 0 aliphatic rings. The van der Waals surface area contributed by atoms with Gasteiger partial charge in [-0.25, -0.2) is 14.6 Å². The molecule has 0 unspecified atom stereocenters. The summed E-state index contributed by atoms with van der Waals surface area (Å²) in [6.07, 6.45) is 1.86. The lowest BCUT2D eigenvalue weighted by Gasteiger charge is -2.11. The van der Waals surface area contributed by atoms with Gasteiger partial charge in [-0.2, -0.15) is 5.10 Å². The van der Waals surface area contributed by atoms with Gasteiger partial charge in [-0.05, 0) is 37.5 Å². The van der Waals surface area contributed by atoms with Crippen molar-refractivity contribution in [2.75, 3.05) is 7.05 Å². The average Bonchev–Trinajstić information content (AvgIpc) is 3.28. The molecule has 0 radical (unpaired) electrons. The van der Waals surface area contributed by atoms with Crippen LogP contribution in [0.2, 0.25) is 0 Å². The minimum absolute atomic E-state index is 0.451. The zero-order valence-corrected chi connectivity index (χ0v) is 17.8. The monoisotopic (exact) mass is 397 g/mol. The molecule has 0 saturated carbocycles. The molecular formula is C20H27N7S. The normalized spacial score (nSPS) is 11.9. The second kappa shape index (κ2) is 8.97. The first-order valence-corrected chi connectivity index (χ1v) is 10.2. The third-order valence-electron chi connectivity index (χ3n) is 4.29. The molecule has 0 aliphatic heterocycles. The standard InChI is InChI=1S/C20H27N7S/c1-13(2)17-12-28-19(25-17)11-24-20(21-5)23-10-16-6-7-18(22-9-16)27-15(4)8-14(3)26-27/h6-9,12-13H,10-11H2,1-5H3,(H2,21,23,24). The largest absolute Gasteiger partial charge is 0.352 e. The van der Waals surface area contributed by atoms with Crippen LogP contribution in [-0.2, 0) is 13.1 Å². The van der Waals surface area contributed by atoms with Crippen molar-refractivity contribution in [3.8, 4) is 5.82 Å². The van der Waals surface area contributed by atoms with Gasteiger partial charge in [0.05, 0.1) is 17.9 Å². The van der Waals surface area contributed by atoms with Crippen LogP contribution in [0.3, 0.4) is 0 Å². The second-order valence-electron chi connectivity index (χ2n) is 6.96. The van der Waals surface area contributed by atoms with E-state index in [1.807, 2.05) is 36.9 Å². The molecule has 0 aliphatic carbocycles. The molecule has 3 heterocycles. The van der Waals surface area contributed by atoms with E-state index < -0.39 is 0 Å². The smallest absolute Gasteiger partial charge is 0.191 e. The van der Waals surface area contributed by atoms with Gasteiger partial charge in [0.2, 0.25) is 0 Å². The van der Waals surface area contributed by atoms with E-state index in [0.29, 0.717) is 19.0 Å². The van der Waals surface area contributed by atoms with Crippen molar-refractivity contribution in [2.24, 2.45) is 4.99 Å². The molecule has 28 heavy (non-hydrogen) atoms. The van der Waals surface area contributed by atoms with Gasteiger partial charge in [0.15, 0.2) is 11.8 Å². The number of pyridine rings is 1. The Bertz CT molecular complexity index is 938. The van der Waals surface area contributed by atoms with Crippen molar-refractivity contribution in [1.82, 2.24) is 30.4 Å². The molecule has 0 aromatic carbocycles. The van der Waals surface area contributed by atoms with Crippen LogP contribution in [0.5, 0.6) is 0 Å². The van der Waals surface area contributed by atoms with Gasteiger partial charge >= 0.3 is 0 Å². The molecule has 0 saturated heterocycles. The summed E-state index contributed by atoms with van der Waals surface area (Å²) in [6, 6.07) is 6.07. The van der Waals surface area contributed by atoms with Crippen molar-refractivity contribution >= 4 is 17.3 Å². The first-order valence-electron chi connectivity index (χ1n) is 9.33. The van der Waals surface area contributed by atoms with E-state index in [1.165, 1.54) is 0 Å². The molecule has 3 aromatic heterocycles. The van der Waals surface area contributed by atoms with Crippen LogP contribution in [0, 0.1) is 13.8 Å². The van der Waals surface area contributed by atoms with Crippen molar-refractivity contribution in [3.63, 3.8) is 0 Å². The molecule has 3 rings (SSSR count). The fourth-order valence-electron chi connectivity index (χ4n) is 2.74. The summed E-state index contributed by atoms with van der Waals surface area (Å²) < 4.78 is 1.85. The summed E-state index contributed by atoms with van der Waals surface area (Å²) >= 11 is 1.67. The van der Waals surface area contributed by atoms with Crippen LogP contribution < -0.4 is 10.6 Å². The number of guanidine groups is 1. The van der Waals surface area contributed by atoms with E-state index >= 15 is 0 Å². The molecule has 0 fully saturated rings. The SMILES string of the molecule is CN=C(NCc1ccc(-n2nc(C)cc2C)nc1)NCc1nc(C(C)C)cs1. The summed E-state index contributed by atoms with van der Waals surface area (Å²) in [5.74, 6) is 2.01. The van der Waals surface area contributed by atoms with E-state index in [4.69, 9.17) is 0 Å². The van der Waals surface area contributed by atoms with Crippen molar-refractivity contribution < 1.29 is 0 Å². The number of aliphatic imine (C=N–C) groups is 1. The Kier molecular flexibility index (Phi) is 6.41. The van der Waals surface area contributed by atoms with Crippen LogP contribution >= 0.6 is 11.3 Å². The maximum Gasteiger partial charge on any atom is 0.191 e. The molecule has 148 valence electrons. The Hall–Kier alpha value is -2.74. The zero-order valence-electron chi connectivity index (χ0n) is 17.0. The van der Waals surface area contributed by atoms with Crippen molar-refractivity contribution in [1.29, 1.82) is 0 Å². The highest BCUT2D eigenvalue weighted by atomic mass is 32.1. The highest BCUT2D eigenvalue weighted by Crippen LogP contribution is 2.17. The van der Waals surface area contributed by atoms with E-state index in [9.17, 15) is 0 Å². The molecule has 2 N–H and O–H groups in total. The van der Waals surface area contributed by atoms with Crippen LogP contribution in [-0.4, -0.2) is 32.8 Å². The first kappa shape index (κ1) is 20.0. The zero-order chi connectivity index (χ0) is 20.1. The molecule has 8 heteroatoms. The van der Waals surface area contributed by atoms with Crippen LogP contribution in [0.15, 0.2) is 34.8 Å². The topological polar surface area (TPSA) is 80.0 Å². The number of rotatable bonds is 6. The lowest BCUT2D eigenvalue weighted by atomic mass is 10.2. The second-order valence-corrected chi connectivity index (χ2v) is 7.91. The van der Waals surface area contributed by atoms with E-state index in [0.717, 1.165) is 39.4 Å². The highest BCUT2D eigenvalue weighted by Gasteiger charge is 2.07. The van der Waals surface area contributed by atoms with E-state index in [1.54, 1.807) is 18.4 Å². The summed E-state index contributed by atoms with van der Waals surface area (Å²) in [5, 5.41) is 14.3. The number of thiazole rings is 1. The van der Waals surface area contributed by atoms with E-state index in [2.05, 4.69) is 56.0 Å². The third-order valence-corrected chi connectivity index (χ3v) is 5.15. The number of hydrogen-bond donors (Lipinski definition) is 2. The van der Waals surface area contributed by atoms with Gasteiger partial charge in [0.25, 0.3) is 0 Å². The minimum Gasteiger partial charge on any atom is -0.352 e. The summed E-state index contributed by atoms with van der Waals surface area (Å²) in [7, 11) is 1.76. The minimum atomic E-state index is 0.451. The number of nitrogens with zero attached hydrogens (tertiary/aromatic N) is 5. The average molecular weight is 398 g/mol. The summed E-state index contributed by atoms with van der Waals surface area (Å²) in [4.78, 5) is 13.4. The number of nitrogens with one attached hydrogen (secondary N) is 2. The van der Waals surface area contributed by atoms with Crippen LogP contribution in [0.1, 0.15) is 47.4 Å². The third kappa shape index (κ3) is 4.95. The molecule has 7 nitrogen and oxygen atoms in total. The van der Waals surface area contributed by atoms with Crippen LogP contribution in [0.4, 0.5) is 0 Å². The van der Waals surface area contributed by atoms with Gasteiger partial charge in [0, 0.05) is 30.9 Å². The predicted octanol–water partition coefficient (Wildman–Crippen LogP) is 3.33. The van der Waals surface area contributed by atoms with Gasteiger partial charge in [-0.15, -0.1) is 11.3 Å². The van der Waals surface area contributed by atoms with Gasteiger partial charge < -0.3 is 10.6 Å². The molecule has 0 bridgehead atoms.